The Morgan fingerprint density at radius 3 is 2.69 bits per heavy atom. The molecule has 1 saturated heterocycles. The molecule has 2 amide bonds. The molecule has 1 N–H and O–H groups in total. The van der Waals surface area contributed by atoms with Gasteiger partial charge in [-0.25, -0.2) is 0 Å². The lowest BCUT2D eigenvalue weighted by Crippen LogP contribution is -2.46. The largest absolute Gasteiger partial charge is 0.481 e. The molecule has 0 spiro atoms. The van der Waals surface area contributed by atoms with Crippen LogP contribution in [0.4, 0.5) is 5.69 Å². The Morgan fingerprint density at radius 2 is 2.08 bits per heavy atom. The van der Waals surface area contributed by atoms with Crippen LogP contribution >= 0.6 is 0 Å². The summed E-state index contributed by atoms with van der Waals surface area (Å²) in [4.78, 5) is 49.0. The summed E-state index contributed by atoms with van der Waals surface area (Å²) >= 11 is 0. The Balaban J connectivity index is 2.05. The lowest BCUT2D eigenvalue weighted by Gasteiger charge is -2.32. The number of benzene rings is 1. The van der Waals surface area contributed by atoms with E-state index in [1.165, 1.54) is 35.0 Å². The van der Waals surface area contributed by atoms with Gasteiger partial charge in [-0.15, -0.1) is 0 Å². The Bertz CT molecular complexity index is 748. The highest BCUT2D eigenvalue weighted by Gasteiger charge is 2.29. The molecular weight excluding hydrogens is 342 g/mol. The van der Waals surface area contributed by atoms with Crippen LogP contribution in [0.2, 0.25) is 0 Å². The first-order valence-electron chi connectivity index (χ1n) is 8.21. The lowest BCUT2D eigenvalue weighted by molar-refractivity contribution is -0.385. The van der Waals surface area contributed by atoms with Crippen molar-refractivity contribution in [3.8, 4) is 0 Å². The van der Waals surface area contributed by atoms with Crippen LogP contribution in [0, 0.1) is 23.0 Å². The molecule has 0 bridgehead atoms. The van der Waals surface area contributed by atoms with Crippen LogP contribution < -0.4 is 0 Å². The predicted octanol–water partition coefficient (Wildman–Crippen LogP) is 1.30. The van der Waals surface area contributed by atoms with Gasteiger partial charge in [0.05, 0.1) is 17.4 Å². The molecule has 1 atom stereocenters. The van der Waals surface area contributed by atoms with Gasteiger partial charge in [-0.1, -0.05) is 6.07 Å². The van der Waals surface area contributed by atoms with Crippen LogP contribution in [-0.4, -0.2) is 64.3 Å². The normalized spacial score (nSPS) is 16.8. The summed E-state index contributed by atoms with van der Waals surface area (Å²) in [6.07, 6.45) is 1.13. The number of rotatable bonds is 5. The van der Waals surface area contributed by atoms with Gasteiger partial charge in [-0.05, 0) is 25.8 Å². The van der Waals surface area contributed by atoms with Gasteiger partial charge < -0.3 is 14.9 Å². The third-order valence-electron chi connectivity index (χ3n) is 4.50. The third-order valence-corrected chi connectivity index (χ3v) is 4.50. The van der Waals surface area contributed by atoms with Gasteiger partial charge >= 0.3 is 5.97 Å². The number of carboxylic acids is 1. The van der Waals surface area contributed by atoms with Crippen molar-refractivity contribution in [1.82, 2.24) is 9.80 Å². The SMILES string of the molecule is Cc1ccc(C(=O)N(C)CC(=O)N2CCCC(C(=O)O)C2)cc1[N+](=O)[O-]. The molecule has 1 fully saturated rings. The smallest absolute Gasteiger partial charge is 0.308 e. The van der Waals surface area contributed by atoms with E-state index in [0.717, 1.165) is 0 Å². The van der Waals surface area contributed by atoms with Crippen molar-refractivity contribution in [2.24, 2.45) is 5.92 Å². The van der Waals surface area contributed by atoms with E-state index < -0.39 is 22.7 Å². The van der Waals surface area contributed by atoms with Crippen LogP contribution in [0.3, 0.4) is 0 Å². The highest BCUT2D eigenvalue weighted by Crippen LogP contribution is 2.20. The van der Waals surface area contributed by atoms with Crippen LogP contribution in [0.15, 0.2) is 18.2 Å². The molecule has 0 aliphatic carbocycles. The number of likely N-dealkylation sites (tertiary alicyclic amines) is 1. The number of hydrogen-bond donors (Lipinski definition) is 1. The second-order valence-electron chi connectivity index (χ2n) is 6.44. The van der Waals surface area contributed by atoms with Crippen molar-refractivity contribution in [2.45, 2.75) is 19.8 Å². The Morgan fingerprint density at radius 1 is 1.38 bits per heavy atom. The molecule has 140 valence electrons. The minimum Gasteiger partial charge on any atom is -0.481 e. The minimum absolute atomic E-state index is 0.125. The van der Waals surface area contributed by atoms with Gasteiger partial charge in [0.25, 0.3) is 11.6 Å². The highest BCUT2D eigenvalue weighted by molar-refractivity contribution is 5.97. The second kappa shape index (κ2) is 7.94. The van der Waals surface area contributed by atoms with Gasteiger partial charge in [0.2, 0.25) is 5.91 Å². The average molecular weight is 363 g/mol. The molecule has 1 heterocycles. The van der Waals surface area contributed by atoms with Crippen LogP contribution in [0.1, 0.15) is 28.8 Å². The second-order valence-corrected chi connectivity index (χ2v) is 6.44. The third kappa shape index (κ3) is 4.35. The number of carbonyl (C=O) groups excluding carboxylic acids is 2. The first-order valence-corrected chi connectivity index (χ1v) is 8.21. The quantitative estimate of drug-likeness (QED) is 0.622. The number of piperidine rings is 1. The van der Waals surface area contributed by atoms with E-state index >= 15 is 0 Å². The summed E-state index contributed by atoms with van der Waals surface area (Å²) in [6.45, 7) is 1.95. The molecule has 1 aromatic carbocycles. The number of nitro groups is 1. The molecule has 9 heteroatoms. The number of hydrogen-bond acceptors (Lipinski definition) is 5. The average Bonchev–Trinajstić information content (AvgIpc) is 2.61. The van der Waals surface area contributed by atoms with Gasteiger partial charge in [0, 0.05) is 37.3 Å². The Labute approximate surface area is 150 Å². The number of carboxylic acid groups (broad SMARTS) is 1. The van der Waals surface area contributed by atoms with Crippen molar-refractivity contribution in [3.05, 3.63) is 39.4 Å². The fourth-order valence-corrected chi connectivity index (χ4v) is 2.94. The molecule has 2 rings (SSSR count). The van der Waals surface area contributed by atoms with Gasteiger partial charge in [0.15, 0.2) is 0 Å². The van der Waals surface area contributed by atoms with Crippen molar-refractivity contribution in [2.75, 3.05) is 26.7 Å². The molecule has 0 saturated carbocycles. The number of aryl methyl sites for hydroxylation is 1. The van der Waals surface area contributed by atoms with Crippen molar-refractivity contribution < 1.29 is 24.4 Å². The van der Waals surface area contributed by atoms with Crippen molar-refractivity contribution in [3.63, 3.8) is 0 Å². The van der Waals surface area contributed by atoms with Crippen molar-refractivity contribution >= 4 is 23.5 Å². The zero-order valence-corrected chi connectivity index (χ0v) is 14.7. The van der Waals surface area contributed by atoms with Crippen molar-refractivity contribution in [1.29, 1.82) is 0 Å². The maximum Gasteiger partial charge on any atom is 0.308 e. The first-order chi connectivity index (χ1) is 12.2. The fourth-order valence-electron chi connectivity index (χ4n) is 2.94. The predicted molar refractivity (Wildman–Crippen MR) is 91.7 cm³/mol. The molecule has 0 radical (unpaired) electrons. The molecule has 1 aliphatic heterocycles. The maximum atomic E-state index is 12.5. The van der Waals surface area contributed by atoms with Gasteiger partial charge in [-0.3, -0.25) is 24.5 Å². The monoisotopic (exact) mass is 363 g/mol. The van der Waals surface area contributed by atoms with Gasteiger partial charge in [0.1, 0.15) is 0 Å². The van der Waals surface area contributed by atoms with Crippen LogP contribution in [0.25, 0.3) is 0 Å². The van der Waals surface area contributed by atoms with E-state index in [9.17, 15) is 24.5 Å². The number of amides is 2. The minimum atomic E-state index is -0.932. The van der Waals surface area contributed by atoms with Crippen LogP contribution in [0.5, 0.6) is 0 Å². The lowest BCUT2D eigenvalue weighted by atomic mass is 9.98. The number of nitro benzene ring substituents is 1. The number of nitrogens with zero attached hydrogens (tertiary/aromatic N) is 3. The molecule has 26 heavy (non-hydrogen) atoms. The number of aliphatic carboxylic acids is 1. The first kappa shape index (κ1) is 19.4. The summed E-state index contributed by atoms with van der Waals surface area (Å²) < 4.78 is 0. The topological polar surface area (TPSA) is 121 Å². The molecule has 9 nitrogen and oxygen atoms in total. The van der Waals surface area contributed by atoms with E-state index in [-0.39, 0.29) is 30.2 Å². The van der Waals surface area contributed by atoms with E-state index in [4.69, 9.17) is 5.11 Å². The summed E-state index contributed by atoms with van der Waals surface area (Å²) in [5.41, 5.74) is 0.411. The molecule has 1 aromatic rings. The maximum absolute atomic E-state index is 12.5. The van der Waals surface area contributed by atoms with E-state index in [1.54, 1.807) is 6.92 Å². The Hall–Kier alpha value is -2.97. The van der Waals surface area contributed by atoms with E-state index in [0.29, 0.717) is 24.9 Å². The zero-order chi connectivity index (χ0) is 19.4. The molecule has 1 unspecified atom stereocenters. The van der Waals surface area contributed by atoms with Gasteiger partial charge in [-0.2, -0.15) is 0 Å². The van der Waals surface area contributed by atoms with E-state index in [2.05, 4.69) is 0 Å². The van der Waals surface area contributed by atoms with Crippen LogP contribution in [-0.2, 0) is 9.59 Å². The fraction of sp³-hybridized carbons (Fsp3) is 0.471. The molecule has 0 aromatic heterocycles. The summed E-state index contributed by atoms with van der Waals surface area (Å²) in [5, 5.41) is 20.1. The Kier molecular flexibility index (Phi) is 5.91. The molecular formula is C17H21N3O6. The number of carbonyl (C=O) groups is 3. The zero-order valence-electron chi connectivity index (χ0n) is 14.7. The standard InChI is InChI=1S/C17H21N3O6/c1-11-5-6-12(8-14(11)20(25)26)16(22)18(2)10-15(21)19-7-3-4-13(9-19)17(23)24/h5-6,8,13H,3-4,7,9-10H2,1-2H3,(H,23,24). The summed E-state index contributed by atoms with van der Waals surface area (Å²) in [7, 11) is 1.44. The van der Waals surface area contributed by atoms with E-state index in [1.807, 2.05) is 0 Å². The summed E-state index contributed by atoms with van der Waals surface area (Å²) in [6, 6.07) is 4.16. The molecule has 1 aliphatic rings. The highest BCUT2D eigenvalue weighted by atomic mass is 16.6. The summed E-state index contributed by atoms with van der Waals surface area (Å²) in [5.74, 6) is -2.37. The number of likely N-dealkylation sites (N-methyl/N-ethyl adjacent to an activating group) is 1.